The van der Waals surface area contributed by atoms with Gasteiger partial charge in [0.2, 0.25) is 0 Å². The molecule has 0 rings (SSSR count). The number of rotatable bonds is 3. The van der Waals surface area contributed by atoms with Gasteiger partial charge in [-0.05, 0) is 13.1 Å². The maximum atomic E-state index is 5.31. The summed E-state index contributed by atoms with van der Waals surface area (Å²) >= 11 is 0. The van der Waals surface area contributed by atoms with E-state index in [1.54, 1.807) is 0 Å². The molecule has 0 aliphatic heterocycles. The van der Waals surface area contributed by atoms with Crippen LogP contribution < -0.4 is 0 Å². The van der Waals surface area contributed by atoms with E-state index in [1.807, 2.05) is 5.70 Å². The van der Waals surface area contributed by atoms with E-state index in [9.17, 15) is 0 Å². The van der Waals surface area contributed by atoms with E-state index in [2.05, 4.69) is 19.7 Å². The van der Waals surface area contributed by atoms with Crippen LogP contribution in [-0.2, 0) is 4.12 Å². The van der Waals surface area contributed by atoms with Crippen molar-refractivity contribution in [1.29, 1.82) is 0 Å². The molecule has 0 fully saturated rings. The first kappa shape index (κ1) is 7.13. The van der Waals surface area contributed by atoms with Gasteiger partial charge in [0.25, 0.3) is 0 Å². The molecule has 3 heteroatoms. The molecule has 0 aliphatic rings. The second kappa shape index (κ2) is 4.30. The highest BCUT2D eigenvalue weighted by Crippen LogP contribution is 1.78. The van der Waals surface area contributed by atoms with Crippen LogP contribution in [0.15, 0.2) is 12.3 Å². The van der Waals surface area contributed by atoms with Gasteiger partial charge in [-0.15, -0.1) is 6.58 Å². The van der Waals surface area contributed by atoms with Crippen LogP contribution in [0.1, 0.15) is 0 Å². The standard InChI is InChI=1S/C4H11OSi2/c1-4-6-5-7(2)3/h4H,1,6H2,2-3H3. The topological polar surface area (TPSA) is 9.23 Å². The molecule has 0 N–H and O–H groups in total. The van der Waals surface area contributed by atoms with Gasteiger partial charge in [-0.3, -0.25) is 0 Å². The van der Waals surface area contributed by atoms with Crippen LogP contribution in [0, 0.1) is 0 Å². The van der Waals surface area contributed by atoms with Crippen molar-refractivity contribution in [3.8, 4) is 0 Å². The Labute approximate surface area is 49.1 Å². The van der Waals surface area contributed by atoms with Crippen LogP contribution in [0.3, 0.4) is 0 Å². The van der Waals surface area contributed by atoms with Crippen LogP contribution in [0.5, 0.6) is 0 Å². The van der Waals surface area contributed by atoms with E-state index in [1.165, 1.54) is 0 Å². The second-order valence-corrected chi connectivity index (χ2v) is 5.39. The predicted octanol–water partition coefficient (Wildman–Crippen LogP) is 0.481. The third-order valence-corrected chi connectivity index (χ3v) is 3.70. The van der Waals surface area contributed by atoms with Crippen molar-refractivity contribution in [1.82, 2.24) is 0 Å². The Hall–Kier alpha value is 0.134. The first-order valence-electron chi connectivity index (χ1n) is 2.31. The van der Waals surface area contributed by atoms with Gasteiger partial charge >= 0.3 is 0 Å². The van der Waals surface area contributed by atoms with Crippen molar-refractivity contribution in [2.75, 3.05) is 0 Å². The van der Waals surface area contributed by atoms with E-state index < -0.39 is 9.04 Å². The van der Waals surface area contributed by atoms with E-state index in [4.69, 9.17) is 4.12 Å². The van der Waals surface area contributed by atoms with Crippen LogP contribution in [-0.4, -0.2) is 18.8 Å². The SMILES string of the molecule is C=C[SiH2]O[Si](C)C. The monoisotopic (exact) mass is 131 g/mol. The van der Waals surface area contributed by atoms with Crippen LogP contribution >= 0.6 is 0 Å². The summed E-state index contributed by atoms with van der Waals surface area (Å²) in [5.74, 6) is 0. The van der Waals surface area contributed by atoms with Gasteiger partial charge in [0.1, 0.15) is 0 Å². The van der Waals surface area contributed by atoms with Crippen molar-refractivity contribution in [3.63, 3.8) is 0 Å². The van der Waals surface area contributed by atoms with Gasteiger partial charge in [0.05, 0.1) is 0 Å². The molecule has 0 aromatic carbocycles. The van der Waals surface area contributed by atoms with Gasteiger partial charge in [-0.2, -0.15) is 0 Å². The minimum Gasteiger partial charge on any atom is -0.457 e. The second-order valence-electron chi connectivity index (χ2n) is 1.51. The molecular formula is C4H11OSi2. The highest BCUT2D eigenvalue weighted by atomic mass is 28.3. The van der Waals surface area contributed by atoms with Gasteiger partial charge in [0.15, 0.2) is 18.8 Å². The molecule has 0 aromatic heterocycles. The Morgan fingerprint density at radius 1 is 1.71 bits per heavy atom. The molecule has 0 bridgehead atoms. The fourth-order valence-corrected chi connectivity index (χ4v) is 2.03. The quantitative estimate of drug-likeness (QED) is 0.506. The molecular weight excluding hydrogens is 120 g/mol. The lowest BCUT2D eigenvalue weighted by Crippen LogP contribution is -2.09. The fraction of sp³-hybridized carbons (Fsp3) is 0.500. The van der Waals surface area contributed by atoms with E-state index >= 15 is 0 Å². The largest absolute Gasteiger partial charge is 0.457 e. The summed E-state index contributed by atoms with van der Waals surface area (Å²) in [4.78, 5) is 0. The molecule has 0 spiro atoms. The number of hydrogen-bond acceptors (Lipinski definition) is 1. The summed E-state index contributed by atoms with van der Waals surface area (Å²) in [6.45, 7) is 7.87. The van der Waals surface area contributed by atoms with Crippen LogP contribution in [0.4, 0.5) is 0 Å². The summed E-state index contributed by atoms with van der Waals surface area (Å²) in [5, 5.41) is 0. The van der Waals surface area contributed by atoms with E-state index in [0.717, 1.165) is 0 Å². The Balaban J connectivity index is 2.81. The maximum absolute atomic E-state index is 5.31. The average molecular weight is 131 g/mol. The Morgan fingerprint density at radius 3 is 2.43 bits per heavy atom. The van der Waals surface area contributed by atoms with E-state index in [0.29, 0.717) is 0 Å². The van der Waals surface area contributed by atoms with E-state index in [-0.39, 0.29) is 9.76 Å². The zero-order valence-electron chi connectivity index (χ0n) is 4.90. The first-order valence-corrected chi connectivity index (χ1v) is 6.11. The maximum Gasteiger partial charge on any atom is 0.191 e. The molecule has 0 aromatic rings. The Morgan fingerprint density at radius 2 is 2.29 bits per heavy atom. The highest BCUT2D eigenvalue weighted by molar-refractivity contribution is 6.57. The molecule has 1 nitrogen and oxygen atoms in total. The zero-order chi connectivity index (χ0) is 5.70. The fourth-order valence-electron chi connectivity index (χ4n) is 0.226. The molecule has 0 unspecified atom stereocenters. The van der Waals surface area contributed by atoms with Gasteiger partial charge in [-0.1, -0.05) is 5.70 Å². The summed E-state index contributed by atoms with van der Waals surface area (Å²) < 4.78 is 5.31. The van der Waals surface area contributed by atoms with Gasteiger partial charge in [-0.25, -0.2) is 0 Å². The molecule has 0 amide bonds. The molecule has 0 heterocycles. The normalized spacial score (nSPS) is 11.3. The molecule has 0 atom stereocenters. The first-order chi connectivity index (χ1) is 3.27. The van der Waals surface area contributed by atoms with Crippen molar-refractivity contribution in [2.24, 2.45) is 0 Å². The minimum atomic E-state index is -0.407. The molecule has 0 saturated carbocycles. The lowest BCUT2D eigenvalue weighted by Gasteiger charge is -1.98. The minimum absolute atomic E-state index is 0.317. The summed E-state index contributed by atoms with van der Waals surface area (Å²) in [7, 11) is -0.723. The molecule has 0 aliphatic carbocycles. The third kappa shape index (κ3) is 6.13. The third-order valence-electron chi connectivity index (χ3n) is 0.490. The molecule has 41 valence electrons. The lowest BCUT2D eigenvalue weighted by atomic mass is 11.3. The summed E-state index contributed by atoms with van der Waals surface area (Å²) in [6.07, 6.45) is 0. The molecule has 1 radical (unpaired) electrons. The van der Waals surface area contributed by atoms with Gasteiger partial charge < -0.3 is 4.12 Å². The summed E-state index contributed by atoms with van der Waals surface area (Å²) in [6, 6.07) is 0. The van der Waals surface area contributed by atoms with Crippen LogP contribution in [0.25, 0.3) is 0 Å². The smallest absolute Gasteiger partial charge is 0.191 e. The van der Waals surface area contributed by atoms with Crippen molar-refractivity contribution in [2.45, 2.75) is 13.1 Å². The zero-order valence-corrected chi connectivity index (χ0v) is 7.31. The van der Waals surface area contributed by atoms with Crippen molar-refractivity contribution < 1.29 is 4.12 Å². The predicted molar refractivity (Wildman–Crippen MR) is 37.3 cm³/mol. The molecule has 7 heavy (non-hydrogen) atoms. The lowest BCUT2D eigenvalue weighted by molar-refractivity contribution is 0.634. The highest BCUT2D eigenvalue weighted by Gasteiger charge is 1.90. The van der Waals surface area contributed by atoms with Crippen molar-refractivity contribution in [3.05, 3.63) is 12.3 Å². The number of hydrogen-bond donors (Lipinski definition) is 0. The van der Waals surface area contributed by atoms with Gasteiger partial charge in [0, 0.05) is 0 Å². The Kier molecular flexibility index (Phi) is 4.38. The van der Waals surface area contributed by atoms with Crippen molar-refractivity contribution >= 4 is 18.8 Å². The van der Waals surface area contributed by atoms with Crippen LogP contribution in [0.2, 0.25) is 13.1 Å². The average Bonchev–Trinajstić information content (AvgIpc) is 1.61. The molecule has 0 saturated heterocycles. The Bertz CT molecular complexity index is 53.7. The summed E-state index contributed by atoms with van der Waals surface area (Å²) in [5.41, 5.74) is 1.91.